The first-order valence-electron chi connectivity index (χ1n) is 9.34. The second-order valence-electron chi connectivity index (χ2n) is 7.17. The lowest BCUT2D eigenvalue weighted by Gasteiger charge is -2.32. The number of aromatic nitrogens is 2. The molecule has 0 spiro atoms. The van der Waals surface area contributed by atoms with Crippen LogP contribution in [-0.4, -0.2) is 46.8 Å². The number of aromatic amines is 1. The lowest BCUT2D eigenvalue weighted by atomic mass is 9.96. The molecule has 0 atom stereocenters. The van der Waals surface area contributed by atoms with Gasteiger partial charge in [0.15, 0.2) is 0 Å². The molecule has 1 aromatic carbocycles. The Morgan fingerprint density at radius 2 is 1.92 bits per heavy atom. The highest BCUT2D eigenvalue weighted by atomic mass is 16.5. The fraction of sp³-hybridized carbons (Fsp3) is 0.632. The molecule has 1 saturated carbocycles. The molecule has 0 amide bonds. The normalized spacial score (nSPS) is 20.5. The molecule has 24 heavy (non-hydrogen) atoms. The fourth-order valence-corrected chi connectivity index (χ4v) is 3.91. The van der Waals surface area contributed by atoms with Gasteiger partial charge in [0.05, 0.1) is 17.1 Å². The van der Waals surface area contributed by atoms with Crippen molar-refractivity contribution in [3.05, 3.63) is 34.7 Å². The van der Waals surface area contributed by atoms with E-state index < -0.39 is 0 Å². The quantitative estimate of drug-likeness (QED) is 0.829. The van der Waals surface area contributed by atoms with Gasteiger partial charge in [-0.3, -0.25) is 4.57 Å². The average molecular weight is 329 g/mol. The number of imidazole rings is 1. The van der Waals surface area contributed by atoms with Gasteiger partial charge in [-0.2, -0.15) is 0 Å². The van der Waals surface area contributed by atoms with Crippen LogP contribution in [-0.2, 0) is 4.74 Å². The van der Waals surface area contributed by atoms with Crippen molar-refractivity contribution in [3.63, 3.8) is 0 Å². The van der Waals surface area contributed by atoms with E-state index in [2.05, 4.69) is 9.88 Å². The van der Waals surface area contributed by atoms with E-state index in [1.807, 2.05) is 28.8 Å². The first-order valence-corrected chi connectivity index (χ1v) is 9.34. The maximum absolute atomic E-state index is 12.3. The van der Waals surface area contributed by atoms with Crippen LogP contribution >= 0.6 is 0 Å². The molecule has 1 saturated heterocycles. The molecule has 1 aliphatic heterocycles. The van der Waals surface area contributed by atoms with Crippen LogP contribution in [0.1, 0.15) is 44.6 Å². The minimum absolute atomic E-state index is 0.0311. The van der Waals surface area contributed by atoms with E-state index in [1.54, 1.807) is 0 Å². The van der Waals surface area contributed by atoms with Gasteiger partial charge in [-0.05, 0) is 50.7 Å². The highest BCUT2D eigenvalue weighted by Gasteiger charge is 2.23. The molecule has 0 unspecified atom stereocenters. The molecule has 1 aliphatic carbocycles. The van der Waals surface area contributed by atoms with Crippen molar-refractivity contribution in [1.29, 1.82) is 0 Å². The van der Waals surface area contributed by atoms with Gasteiger partial charge in [0.1, 0.15) is 0 Å². The summed E-state index contributed by atoms with van der Waals surface area (Å²) in [6, 6.07) is 8.30. The molecule has 2 heterocycles. The zero-order valence-corrected chi connectivity index (χ0v) is 14.2. The van der Waals surface area contributed by atoms with E-state index in [1.165, 1.54) is 19.3 Å². The van der Waals surface area contributed by atoms with Gasteiger partial charge >= 0.3 is 5.69 Å². The molecular formula is C19H27N3O2. The third kappa shape index (κ3) is 3.28. The summed E-state index contributed by atoms with van der Waals surface area (Å²) >= 11 is 0. The molecule has 2 fully saturated rings. The van der Waals surface area contributed by atoms with Gasteiger partial charge in [0, 0.05) is 32.3 Å². The summed E-state index contributed by atoms with van der Waals surface area (Å²) in [6.45, 7) is 4.15. The number of nitrogens with zero attached hydrogens (tertiary/aromatic N) is 2. The summed E-state index contributed by atoms with van der Waals surface area (Å²) in [5, 5.41) is 0. The van der Waals surface area contributed by atoms with Crippen molar-refractivity contribution < 1.29 is 4.74 Å². The number of likely N-dealkylation sites (tertiary alicyclic amines) is 1. The number of para-hydroxylation sites is 2. The number of H-pyrrole nitrogens is 1. The highest BCUT2D eigenvalue weighted by molar-refractivity contribution is 5.75. The van der Waals surface area contributed by atoms with E-state index in [4.69, 9.17) is 4.74 Å². The molecule has 5 heteroatoms. The fourth-order valence-electron chi connectivity index (χ4n) is 3.91. The highest BCUT2D eigenvalue weighted by Crippen LogP contribution is 2.25. The van der Waals surface area contributed by atoms with Gasteiger partial charge < -0.3 is 14.6 Å². The van der Waals surface area contributed by atoms with Crippen molar-refractivity contribution >= 4 is 11.0 Å². The molecule has 1 aromatic heterocycles. The smallest absolute Gasteiger partial charge is 0.326 e. The van der Waals surface area contributed by atoms with E-state index in [-0.39, 0.29) is 5.69 Å². The number of piperidine rings is 1. The van der Waals surface area contributed by atoms with E-state index in [0.29, 0.717) is 12.1 Å². The molecule has 130 valence electrons. The van der Waals surface area contributed by atoms with E-state index in [0.717, 1.165) is 56.5 Å². The number of benzene rings is 1. The maximum atomic E-state index is 12.3. The Hall–Kier alpha value is -1.59. The number of fused-ring (bicyclic) bond motifs is 1. The standard InChI is InChI=1S/C19H27N3O2/c23-19-20-17-7-1-2-8-18(17)22(19)15-9-12-21(13-10-15)11-4-14-24-16-5-3-6-16/h1-2,7-8,15-16H,3-6,9-14H2,(H,20,23). The van der Waals surface area contributed by atoms with E-state index >= 15 is 0 Å². The topological polar surface area (TPSA) is 50.3 Å². The van der Waals surface area contributed by atoms with Crippen molar-refractivity contribution in [3.8, 4) is 0 Å². The number of hydrogen-bond acceptors (Lipinski definition) is 3. The number of ether oxygens (including phenoxy) is 1. The predicted molar refractivity (Wildman–Crippen MR) is 95.5 cm³/mol. The van der Waals surface area contributed by atoms with Gasteiger partial charge in [0.2, 0.25) is 0 Å². The van der Waals surface area contributed by atoms with Crippen LogP contribution in [0.15, 0.2) is 29.1 Å². The Balaban J connectivity index is 1.29. The van der Waals surface area contributed by atoms with Crippen LogP contribution in [0, 0.1) is 0 Å². The molecule has 2 aliphatic rings. The SMILES string of the molecule is O=c1[nH]c2ccccc2n1C1CCN(CCCOC2CCC2)CC1. The lowest BCUT2D eigenvalue weighted by Crippen LogP contribution is -2.37. The Morgan fingerprint density at radius 1 is 1.12 bits per heavy atom. The molecule has 2 aromatic rings. The number of hydrogen-bond donors (Lipinski definition) is 1. The van der Waals surface area contributed by atoms with Crippen LogP contribution < -0.4 is 5.69 Å². The van der Waals surface area contributed by atoms with Gasteiger partial charge in [0.25, 0.3) is 0 Å². The van der Waals surface area contributed by atoms with Crippen molar-refractivity contribution in [2.75, 3.05) is 26.2 Å². The molecule has 4 rings (SSSR count). The predicted octanol–water partition coefficient (Wildman–Crippen LogP) is 2.93. The zero-order chi connectivity index (χ0) is 16.4. The van der Waals surface area contributed by atoms with Crippen molar-refractivity contribution in [1.82, 2.24) is 14.5 Å². The maximum Gasteiger partial charge on any atom is 0.326 e. The number of nitrogens with one attached hydrogen (secondary N) is 1. The Morgan fingerprint density at radius 3 is 2.67 bits per heavy atom. The van der Waals surface area contributed by atoms with Crippen LogP contribution in [0.2, 0.25) is 0 Å². The zero-order valence-electron chi connectivity index (χ0n) is 14.2. The second kappa shape index (κ2) is 7.11. The second-order valence-corrected chi connectivity index (χ2v) is 7.17. The third-order valence-electron chi connectivity index (χ3n) is 5.57. The Bertz CT molecular complexity index is 724. The largest absolute Gasteiger partial charge is 0.378 e. The Labute approximate surface area is 142 Å². The first-order chi connectivity index (χ1) is 11.8. The number of rotatable bonds is 6. The average Bonchev–Trinajstić information content (AvgIpc) is 2.89. The van der Waals surface area contributed by atoms with Gasteiger partial charge in [-0.15, -0.1) is 0 Å². The van der Waals surface area contributed by atoms with Gasteiger partial charge in [-0.1, -0.05) is 12.1 Å². The summed E-state index contributed by atoms with van der Waals surface area (Å²) in [5.74, 6) is 0. The summed E-state index contributed by atoms with van der Waals surface area (Å²) in [6.07, 6.45) is 7.61. The third-order valence-corrected chi connectivity index (χ3v) is 5.57. The molecular weight excluding hydrogens is 302 g/mol. The molecule has 0 bridgehead atoms. The monoisotopic (exact) mass is 329 g/mol. The van der Waals surface area contributed by atoms with Crippen LogP contribution in [0.25, 0.3) is 11.0 Å². The summed E-state index contributed by atoms with van der Waals surface area (Å²) in [7, 11) is 0. The molecule has 0 radical (unpaired) electrons. The summed E-state index contributed by atoms with van der Waals surface area (Å²) < 4.78 is 7.80. The lowest BCUT2D eigenvalue weighted by molar-refractivity contribution is -0.00230. The first kappa shape index (κ1) is 15.9. The summed E-state index contributed by atoms with van der Waals surface area (Å²) in [4.78, 5) is 17.8. The van der Waals surface area contributed by atoms with Crippen LogP contribution in [0.3, 0.4) is 0 Å². The van der Waals surface area contributed by atoms with Crippen LogP contribution in [0.5, 0.6) is 0 Å². The minimum atomic E-state index is 0.0311. The molecule has 1 N–H and O–H groups in total. The minimum Gasteiger partial charge on any atom is -0.378 e. The van der Waals surface area contributed by atoms with Crippen molar-refractivity contribution in [2.24, 2.45) is 0 Å². The van der Waals surface area contributed by atoms with Crippen LogP contribution in [0.4, 0.5) is 0 Å². The van der Waals surface area contributed by atoms with E-state index in [9.17, 15) is 4.79 Å². The van der Waals surface area contributed by atoms with Gasteiger partial charge in [-0.25, -0.2) is 4.79 Å². The Kier molecular flexibility index (Phi) is 4.72. The van der Waals surface area contributed by atoms with Crippen molar-refractivity contribution in [2.45, 2.75) is 50.7 Å². The summed E-state index contributed by atoms with van der Waals surface area (Å²) in [5.41, 5.74) is 2.01. The molecule has 5 nitrogen and oxygen atoms in total.